The number of imidazole rings is 1. The van der Waals surface area contributed by atoms with Crippen molar-refractivity contribution < 1.29 is 0 Å². The van der Waals surface area contributed by atoms with Crippen molar-refractivity contribution in [1.29, 1.82) is 0 Å². The number of benzene rings is 1. The number of hydrogen-bond donors (Lipinski definition) is 1. The molecule has 0 bridgehead atoms. The molecule has 2 nitrogen and oxygen atoms in total. The Labute approximate surface area is 88.5 Å². The summed E-state index contributed by atoms with van der Waals surface area (Å²) in [6.45, 7) is 1.93. The maximum atomic E-state index is 5.94. The molecule has 0 atom stereocenters. The van der Waals surface area contributed by atoms with Gasteiger partial charge in [-0.15, -0.1) is 0 Å². The molecule has 2 rings (SSSR count). The van der Waals surface area contributed by atoms with Crippen molar-refractivity contribution in [3.8, 4) is 0 Å². The van der Waals surface area contributed by atoms with Crippen LogP contribution < -0.4 is 0 Å². The van der Waals surface area contributed by atoms with Crippen LogP contribution in [0, 0.1) is 10.5 Å². The molecule has 1 heterocycles. The van der Waals surface area contributed by atoms with Crippen molar-refractivity contribution in [3.63, 3.8) is 0 Å². The second-order valence-electron chi connectivity index (χ2n) is 2.61. The summed E-state index contributed by atoms with van der Waals surface area (Å²) in [5.41, 5.74) is 1.97. The predicted molar refractivity (Wildman–Crippen MR) is 58.6 cm³/mol. The molecule has 12 heavy (non-hydrogen) atoms. The van der Waals surface area contributed by atoms with Crippen LogP contribution in [0.15, 0.2) is 12.1 Å². The largest absolute Gasteiger partial charge is 0.342 e. The molecule has 0 saturated heterocycles. The van der Waals surface area contributed by atoms with Crippen LogP contribution in [0.4, 0.5) is 0 Å². The first kappa shape index (κ1) is 8.31. The van der Waals surface area contributed by atoms with E-state index in [2.05, 4.69) is 32.6 Å². The normalized spacial score (nSPS) is 10.9. The highest BCUT2D eigenvalue weighted by molar-refractivity contribution is 14.1. The highest BCUT2D eigenvalue weighted by atomic mass is 127. The highest BCUT2D eigenvalue weighted by Gasteiger charge is 2.03. The summed E-state index contributed by atoms with van der Waals surface area (Å²) in [6.07, 6.45) is 0. The molecule has 2 aromatic rings. The van der Waals surface area contributed by atoms with Gasteiger partial charge in [-0.25, -0.2) is 4.98 Å². The number of nitrogens with zero attached hydrogens (tertiary/aromatic N) is 1. The number of H-pyrrole nitrogens is 1. The Balaban J connectivity index is 2.83. The fourth-order valence-corrected chi connectivity index (χ4v) is 1.75. The maximum absolute atomic E-state index is 5.94. The third-order valence-corrected chi connectivity index (χ3v) is 3.17. The van der Waals surface area contributed by atoms with Crippen molar-refractivity contribution in [2.24, 2.45) is 0 Å². The van der Waals surface area contributed by atoms with Crippen LogP contribution in [0.5, 0.6) is 0 Å². The van der Waals surface area contributed by atoms with Gasteiger partial charge >= 0.3 is 0 Å². The van der Waals surface area contributed by atoms with E-state index in [-0.39, 0.29) is 0 Å². The SMILES string of the molecule is Cc1nc2cc(I)c(Cl)cc2[nH]1. The molecule has 0 spiro atoms. The monoisotopic (exact) mass is 292 g/mol. The minimum absolute atomic E-state index is 0.770. The first-order chi connectivity index (χ1) is 5.66. The van der Waals surface area contributed by atoms with Crippen molar-refractivity contribution in [2.75, 3.05) is 0 Å². The van der Waals surface area contributed by atoms with E-state index in [1.807, 2.05) is 19.1 Å². The molecule has 0 saturated carbocycles. The summed E-state index contributed by atoms with van der Waals surface area (Å²) >= 11 is 8.14. The third kappa shape index (κ3) is 1.31. The first-order valence-electron chi connectivity index (χ1n) is 3.48. The lowest BCUT2D eigenvalue weighted by atomic mass is 10.3. The van der Waals surface area contributed by atoms with Crippen LogP contribution in [-0.4, -0.2) is 9.97 Å². The number of aromatic amines is 1. The van der Waals surface area contributed by atoms with E-state index in [1.54, 1.807) is 0 Å². The van der Waals surface area contributed by atoms with Crippen LogP contribution in [0.2, 0.25) is 5.02 Å². The summed E-state index contributed by atoms with van der Waals surface area (Å²) in [7, 11) is 0. The van der Waals surface area contributed by atoms with E-state index in [0.29, 0.717) is 0 Å². The van der Waals surface area contributed by atoms with E-state index in [4.69, 9.17) is 11.6 Å². The predicted octanol–water partition coefficient (Wildman–Crippen LogP) is 3.13. The molecule has 0 aliphatic carbocycles. The zero-order chi connectivity index (χ0) is 8.72. The number of fused-ring (bicyclic) bond motifs is 1. The Hall–Kier alpha value is -0.290. The summed E-state index contributed by atoms with van der Waals surface area (Å²) in [4.78, 5) is 7.42. The van der Waals surface area contributed by atoms with E-state index < -0.39 is 0 Å². The number of aryl methyl sites for hydroxylation is 1. The number of halogens is 2. The third-order valence-electron chi connectivity index (χ3n) is 1.64. The molecular weight excluding hydrogens is 286 g/mol. The van der Waals surface area contributed by atoms with Gasteiger partial charge in [0, 0.05) is 3.57 Å². The van der Waals surface area contributed by atoms with Gasteiger partial charge in [-0.3, -0.25) is 0 Å². The molecular formula is C8H6ClIN2. The molecule has 0 radical (unpaired) electrons. The number of aromatic nitrogens is 2. The Morgan fingerprint density at radius 2 is 2.25 bits per heavy atom. The number of rotatable bonds is 0. The second-order valence-corrected chi connectivity index (χ2v) is 4.18. The van der Waals surface area contributed by atoms with Crippen LogP contribution in [0.1, 0.15) is 5.82 Å². The lowest BCUT2D eigenvalue weighted by Gasteiger charge is -1.93. The summed E-state index contributed by atoms with van der Waals surface area (Å²) < 4.78 is 1.04. The first-order valence-corrected chi connectivity index (χ1v) is 4.94. The quantitative estimate of drug-likeness (QED) is 0.743. The van der Waals surface area contributed by atoms with Crippen LogP contribution in [0.25, 0.3) is 11.0 Å². The average Bonchev–Trinajstić information content (AvgIpc) is 2.30. The lowest BCUT2D eigenvalue weighted by molar-refractivity contribution is 1.17. The van der Waals surface area contributed by atoms with Gasteiger partial charge in [0.1, 0.15) is 5.82 Å². The molecule has 0 aliphatic heterocycles. The van der Waals surface area contributed by atoms with E-state index >= 15 is 0 Å². The fourth-order valence-electron chi connectivity index (χ4n) is 1.13. The van der Waals surface area contributed by atoms with E-state index in [0.717, 1.165) is 25.5 Å². The van der Waals surface area contributed by atoms with Gasteiger partial charge in [0.05, 0.1) is 16.1 Å². The standard InChI is InChI=1S/C8H6ClIN2/c1-4-11-7-2-5(9)6(10)3-8(7)12-4/h2-3H,1H3,(H,11,12). The molecule has 1 aromatic heterocycles. The molecule has 0 amide bonds. The number of nitrogens with one attached hydrogen (secondary N) is 1. The fraction of sp³-hybridized carbons (Fsp3) is 0.125. The zero-order valence-electron chi connectivity index (χ0n) is 6.36. The van der Waals surface area contributed by atoms with Gasteiger partial charge < -0.3 is 4.98 Å². The Morgan fingerprint density at radius 3 is 3.00 bits per heavy atom. The Bertz CT molecular complexity index is 397. The highest BCUT2D eigenvalue weighted by Crippen LogP contribution is 2.23. The lowest BCUT2D eigenvalue weighted by Crippen LogP contribution is -1.75. The van der Waals surface area contributed by atoms with Gasteiger partial charge in [-0.2, -0.15) is 0 Å². The van der Waals surface area contributed by atoms with Gasteiger partial charge in [-0.1, -0.05) is 11.6 Å². The molecule has 62 valence electrons. The Morgan fingerprint density at radius 1 is 1.50 bits per heavy atom. The van der Waals surface area contributed by atoms with Gasteiger partial charge in [-0.05, 0) is 41.6 Å². The smallest absolute Gasteiger partial charge is 0.104 e. The summed E-state index contributed by atoms with van der Waals surface area (Å²) in [6, 6.07) is 3.88. The molecule has 0 aliphatic rings. The minimum Gasteiger partial charge on any atom is -0.342 e. The minimum atomic E-state index is 0.770. The topological polar surface area (TPSA) is 28.7 Å². The van der Waals surface area contributed by atoms with Crippen LogP contribution in [-0.2, 0) is 0 Å². The van der Waals surface area contributed by atoms with Crippen molar-refractivity contribution >= 4 is 45.2 Å². The average molecular weight is 293 g/mol. The zero-order valence-corrected chi connectivity index (χ0v) is 9.27. The van der Waals surface area contributed by atoms with E-state index in [9.17, 15) is 0 Å². The van der Waals surface area contributed by atoms with E-state index in [1.165, 1.54) is 0 Å². The second kappa shape index (κ2) is 2.88. The summed E-state index contributed by atoms with van der Waals surface area (Å²) in [5, 5.41) is 0.770. The molecule has 1 N–H and O–H groups in total. The van der Waals surface area contributed by atoms with Gasteiger partial charge in [0.2, 0.25) is 0 Å². The molecule has 0 fully saturated rings. The van der Waals surface area contributed by atoms with Crippen LogP contribution in [0.3, 0.4) is 0 Å². The van der Waals surface area contributed by atoms with Gasteiger partial charge in [0.25, 0.3) is 0 Å². The van der Waals surface area contributed by atoms with Crippen molar-refractivity contribution in [1.82, 2.24) is 9.97 Å². The molecule has 1 aromatic carbocycles. The van der Waals surface area contributed by atoms with Crippen molar-refractivity contribution in [2.45, 2.75) is 6.92 Å². The van der Waals surface area contributed by atoms with Crippen molar-refractivity contribution in [3.05, 3.63) is 26.5 Å². The molecule has 0 unspecified atom stereocenters. The summed E-state index contributed by atoms with van der Waals surface area (Å²) in [5.74, 6) is 0.920. The van der Waals surface area contributed by atoms with Crippen LogP contribution >= 0.6 is 34.2 Å². The van der Waals surface area contributed by atoms with Gasteiger partial charge in [0.15, 0.2) is 0 Å². The maximum Gasteiger partial charge on any atom is 0.104 e. The Kier molecular flexibility index (Phi) is 2.00. The molecule has 4 heteroatoms. The number of hydrogen-bond acceptors (Lipinski definition) is 1.